The molecule has 1 N–H and O–H groups in total. The average Bonchev–Trinajstić information content (AvgIpc) is 3.34. The minimum atomic E-state index is -0.0168. The van der Waals surface area contributed by atoms with E-state index >= 15 is 0 Å². The van der Waals surface area contributed by atoms with E-state index in [0.29, 0.717) is 6.42 Å². The van der Waals surface area contributed by atoms with Crippen LogP contribution in [0.2, 0.25) is 0 Å². The molecule has 0 saturated heterocycles. The van der Waals surface area contributed by atoms with Crippen molar-refractivity contribution in [1.29, 1.82) is 0 Å². The summed E-state index contributed by atoms with van der Waals surface area (Å²) >= 11 is 3.41. The van der Waals surface area contributed by atoms with Gasteiger partial charge in [-0.3, -0.25) is 4.79 Å². The maximum atomic E-state index is 12.5. The van der Waals surface area contributed by atoms with Gasteiger partial charge in [-0.25, -0.2) is 4.68 Å². The first-order valence-electron chi connectivity index (χ1n) is 7.90. The van der Waals surface area contributed by atoms with E-state index in [1.54, 1.807) is 18.4 Å². The van der Waals surface area contributed by atoms with Gasteiger partial charge in [0.2, 0.25) is 5.91 Å². The standard InChI is InChI=1S/C18H17N3O2S2/c1-23-13-6-4-12(5-7-13)21-18(15-10-24-11-16(15)20-21)19-17(22)9-14-3-2-8-25-14/h2-8H,9-11H2,1H3,(H,19,22). The molecule has 0 radical (unpaired) electrons. The lowest BCUT2D eigenvalue weighted by atomic mass is 10.2. The van der Waals surface area contributed by atoms with E-state index in [0.717, 1.165) is 44.9 Å². The highest BCUT2D eigenvalue weighted by Gasteiger charge is 2.24. The van der Waals surface area contributed by atoms with Gasteiger partial charge >= 0.3 is 0 Å². The Morgan fingerprint density at radius 1 is 1.28 bits per heavy atom. The largest absolute Gasteiger partial charge is 0.497 e. The zero-order chi connectivity index (χ0) is 17.2. The molecule has 4 rings (SSSR count). The molecule has 0 saturated carbocycles. The maximum absolute atomic E-state index is 12.5. The quantitative estimate of drug-likeness (QED) is 0.740. The smallest absolute Gasteiger partial charge is 0.230 e. The number of thiophene rings is 1. The molecule has 1 amide bonds. The molecule has 0 unspecified atom stereocenters. The van der Waals surface area contributed by atoms with E-state index in [1.165, 1.54) is 0 Å². The number of rotatable bonds is 5. The van der Waals surface area contributed by atoms with Gasteiger partial charge in [0.15, 0.2) is 0 Å². The molecular weight excluding hydrogens is 354 g/mol. The van der Waals surface area contributed by atoms with Crippen LogP contribution in [0, 0.1) is 0 Å². The van der Waals surface area contributed by atoms with E-state index in [2.05, 4.69) is 5.32 Å². The Bertz CT molecular complexity index is 886. The van der Waals surface area contributed by atoms with Crippen molar-refractivity contribution < 1.29 is 9.53 Å². The number of aromatic nitrogens is 2. The summed E-state index contributed by atoms with van der Waals surface area (Å²) in [7, 11) is 1.64. The van der Waals surface area contributed by atoms with Crippen LogP contribution in [0.3, 0.4) is 0 Å². The first-order chi connectivity index (χ1) is 12.2. The number of carbonyl (C=O) groups excluding carboxylic acids is 1. The Labute approximate surface area is 154 Å². The number of hydrogen-bond donors (Lipinski definition) is 1. The molecule has 25 heavy (non-hydrogen) atoms. The zero-order valence-corrected chi connectivity index (χ0v) is 15.3. The molecular formula is C18H17N3O2S2. The molecule has 0 aliphatic carbocycles. The lowest BCUT2D eigenvalue weighted by Crippen LogP contribution is -2.17. The summed E-state index contributed by atoms with van der Waals surface area (Å²) in [5.74, 6) is 3.32. The molecule has 3 aromatic rings. The molecule has 0 bridgehead atoms. The Balaban J connectivity index is 1.64. The number of ether oxygens (including phenoxy) is 1. The minimum absolute atomic E-state index is 0.0168. The number of hydrogen-bond acceptors (Lipinski definition) is 5. The molecule has 1 aromatic carbocycles. The highest BCUT2D eigenvalue weighted by Crippen LogP contribution is 2.36. The third kappa shape index (κ3) is 3.29. The van der Waals surface area contributed by atoms with E-state index < -0.39 is 0 Å². The van der Waals surface area contributed by atoms with Crippen molar-refractivity contribution >= 4 is 34.8 Å². The molecule has 5 nitrogen and oxygen atoms in total. The van der Waals surface area contributed by atoms with E-state index in [1.807, 2.05) is 58.2 Å². The lowest BCUT2D eigenvalue weighted by Gasteiger charge is -2.11. The van der Waals surface area contributed by atoms with E-state index in [4.69, 9.17) is 9.84 Å². The summed E-state index contributed by atoms with van der Waals surface area (Å²) in [5, 5.41) is 9.77. The fourth-order valence-corrected chi connectivity index (χ4v) is 4.54. The van der Waals surface area contributed by atoms with E-state index in [9.17, 15) is 4.79 Å². The molecule has 3 heterocycles. The van der Waals surface area contributed by atoms with Gasteiger partial charge in [0.25, 0.3) is 0 Å². The van der Waals surface area contributed by atoms with Crippen LogP contribution in [0.4, 0.5) is 5.82 Å². The normalized spacial score (nSPS) is 12.8. The first kappa shape index (κ1) is 16.2. The van der Waals surface area contributed by atoms with Crippen LogP contribution in [-0.2, 0) is 22.7 Å². The third-order valence-corrected chi connectivity index (χ3v) is 5.89. The van der Waals surface area contributed by atoms with Crippen molar-refractivity contribution in [3.05, 3.63) is 57.9 Å². The number of amides is 1. The number of nitrogens with one attached hydrogen (secondary N) is 1. The highest BCUT2D eigenvalue weighted by molar-refractivity contribution is 7.98. The van der Waals surface area contributed by atoms with Crippen LogP contribution in [0.15, 0.2) is 41.8 Å². The highest BCUT2D eigenvalue weighted by atomic mass is 32.2. The number of nitrogens with zero attached hydrogens (tertiary/aromatic N) is 2. The topological polar surface area (TPSA) is 56.1 Å². The second kappa shape index (κ2) is 6.93. The van der Waals surface area contributed by atoms with Crippen LogP contribution in [0.1, 0.15) is 16.1 Å². The van der Waals surface area contributed by atoms with Crippen LogP contribution in [0.25, 0.3) is 5.69 Å². The van der Waals surface area contributed by atoms with Crippen LogP contribution >= 0.6 is 23.1 Å². The van der Waals surface area contributed by atoms with Gasteiger partial charge in [-0.2, -0.15) is 16.9 Å². The Kier molecular flexibility index (Phi) is 4.50. The monoisotopic (exact) mass is 371 g/mol. The predicted molar refractivity (Wildman–Crippen MR) is 102 cm³/mol. The first-order valence-corrected chi connectivity index (χ1v) is 9.93. The predicted octanol–water partition coefficient (Wildman–Crippen LogP) is 3.87. The summed E-state index contributed by atoms with van der Waals surface area (Å²) in [6, 6.07) is 11.6. The van der Waals surface area contributed by atoms with Gasteiger partial charge in [-0.05, 0) is 35.7 Å². The SMILES string of the molecule is COc1ccc(-n2nc3c(c2NC(=O)Cc2cccs2)CSC3)cc1. The molecule has 7 heteroatoms. The van der Waals surface area contributed by atoms with Crippen LogP contribution < -0.4 is 10.1 Å². The van der Waals surface area contributed by atoms with Gasteiger partial charge in [0.05, 0.1) is 24.9 Å². The Morgan fingerprint density at radius 3 is 2.84 bits per heavy atom. The zero-order valence-electron chi connectivity index (χ0n) is 13.7. The van der Waals surface area contributed by atoms with Crippen molar-refractivity contribution in [2.75, 3.05) is 12.4 Å². The second-order valence-electron chi connectivity index (χ2n) is 5.68. The van der Waals surface area contributed by atoms with Crippen molar-refractivity contribution in [2.45, 2.75) is 17.9 Å². The molecule has 0 fully saturated rings. The second-order valence-corrected chi connectivity index (χ2v) is 7.70. The van der Waals surface area contributed by atoms with Gasteiger partial charge in [-0.15, -0.1) is 11.3 Å². The minimum Gasteiger partial charge on any atom is -0.497 e. The molecule has 0 atom stereocenters. The number of carbonyl (C=O) groups is 1. The number of thioether (sulfide) groups is 1. The van der Waals surface area contributed by atoms with Gasteiger partial charge < -0.3 is 10.1 Å². The summed E-state index contributed by atoms with van der Waals surface area (Å²) in [6.07, 6.45) is 0.382. The molecule has 0 spiro atoms. The van der Waals surface area contributed by atoms with Gasteiger partial charge in [-0.1, -0.05) is 6.07 Å². The number of methoxy groups -OCH3 is 1. The summed E-state index contributed by atoms with van der Waals surface area (Å²) in [6.45, 7) is 0. The number of anilines is 1. The van der Waals surface area contributed by atoms with Crippen LogP contribution in [0.5, 0.6) is 5.75 Å². The van der Waals surface area contributed by atoms with Gasteiger partial charge in [0, 0.05) is 21.9 Å². The van der Waals surface area contributed by atoms with Gasteiger partial charge in [0.1, 0.15) is 11.6 Å². The molecule has 128 valence electrons. The maximum Gasteiger partial charge on any atom is 0.230 e. The summed E-state index contributed by atoms with van der Waals surface area (Å²) < 4.78 is 7.05. The molecule has 1 aliphatic rings. The summed E-state index contributed by atoms with van der Waals surface area (Å²) in [5.41, 5.74) is 3.08. The summed E-state index contributed by atoms with van der Waals surface area (Å²) in [4.78, 5) is 13.5. The third-order valence-electron chi connectivity index (χ3n) is 4.04. The Hall–Kier alpha value is -2.25. The van der Waals surface area contributed by atoms with Crippen molar-refractivity contribution in [3.8, 4) is 11.4 Å². The number of benzene rings is 1. The Morgan fingerprint density at radius 2 is 2.12 bits per heavy atom. The van der Waals surface area contributed by atoms with Crippen molar-refractivity contribution in [2.24, 2.45) is 0 Å². The van der Waals surface area contributed by atoms with Crippen LogP contribution in [-0.4, -0.2) is 22.8 Å². The molecule has 1 aliphatic heterocycles. The average molecular weight is 371 g/mol. The fraction of sp³-hybridized carbons (Fsp3) is 0.222. The lowest BCUT2D eigenvalue weighted by molar-refractivity contribution is -0.115. The van der Waals surface area contributed by atoms with Crippen molar-refractivity contribution in [3.63, 3.8) is 0 Å². The molecule has 2 aromatic heterocycles. The van der Waals surface area contributed by atoms with Crippen molar-refractivity contribution in [1.82, 2.24) is 9.78 Å². The fourth-order valence-electron chi connectivity index (χ4n) is 2.80. The van der Waals surface area contributed by atoms with E-state index in [-0.39, 0.29) is 5.91 Å². The number of fused-ring (bicyclic) bond motifs is 1.